The molecule has 1 aliphatic carbocycles. The fraction of sp³-hybridized carbons (Fsp3) is 0.633. The molecule has 38 heavy (non-hydrogen) atoms. The fourth-order valence-corrected chi connectivity index (χ4v) is 5.39. The average molecular weight is 591 g/mol. The minimum Gasteiger partial charge on any atom is -0.493 e. The molecule has 1 aliphatic rings. The van der Waals surface area contributed by atoms with Crippen molar-refractivity contribution in [3.63, 3.8) is 0 Å². The van der Waals surface area contributed by atoms with E-state index in [1.165, 1.54) is 81.3 Å². The van der Waals surface area contributed by atoms with Crippen molar-refractivity contribution in [2.45, 2.75) is 83.6 Å². The number of methoxy groups -OCH3 is 2. The van der Waals surface area contributed by atoms with Crippen LogP contribution in [0.5, 0.6) is 11.5 Å². The molecule has 1 N–H and O–H groups in total. The summed E-state index contributed by atoms with van der Waals surface area (Å²) in [7, 11) is 3.48. The van der Waals surface area contributed by atoms with Crippen molar-refractivity contribution < 1.29 is 9.47 Å². The summed E-state index contributed by atoms with van der Waals surface area (Å²) in [5.41, 5.74) is 4.00. The summed E-state index contributed by atoms with van der Waals surface area (Å²) in [5.74, 6) is 1.79. The third-order valence-electron chi connectivity index (χ3n) is 7.27. The summed E-state index contributed by atoms with van der Waals surface area (Å²) >= 11 is 0. The summed E-state index contributed by atoms with van der Waals surface area (Å²) in [6, 6.07) is 11.1. The van der Waals surface area contributed by atoms with Crippen molar-refractivity contribution in [3.8, 4) is 11.5 Å². The largest absolute Gasteiger partial charge is 0.493 e. The van der Waals surface area contributed by atoms with Gasteiger partial charge in [-0.2, -0.15) is 0 Å². The quantitative estimate of drug-likeness (QED) is 0.199. The predicted octanol–water partition coefficient (Wildman–Crippen LogP) is 7.11. The highest BCUT2D eigenvalue weighted by molar-refractivity contribution is 5.86. The maximum atomic E-state index is 5.69. The number of hydrogen-bond donors (Lipinski definition) is 1. The molecule has 0 saturated heterocycles. The molecular weight excluding hydrogens is 541 g/mol. The van der Waals surface area contributed by atoms with Crippen molar-refractivity contribution in [2.75, 3.05) is 40.4 Å². The highest BCUT2D eigenvalue weighted by Crippen LogP contribution is 2.38. The van der Waals surface area contributed by atoms with Crippen LogP contribution in [0.4, 0.5) is 0 Å². The number of unbranched alkanes of at least 4 members (excludes halogenated alkanes) is 4. The molecule has 1 aromatic heterocycles. The predicted molar refractivity (Wildman–Crippen MR) is 167 cm³/mol. The number of nitrogens with zero attached hydrogens (tertiary/aromatic N) is 2. The molecule has 0 amide bonds. The monoisotopic (exact) mass is 589 g/mol. The van der Waals surface area contributed by atoms with Gasteiger partial charge in [-0.3, -0.25) is 4.98 Å². The Hall–Kier alpha value is -1.24. The zero-order valence-electron chi connectivity index (χ0n) is 23.6. The van der Waals surface area contributed by atoms with Gasteiger partial charge in [-0.1, -0.05) is 31.9 Å². The molecule has 1 atom stereocenters. The van der Waals surface area contributed by atoms with Crippen LogP contribution in [0.1, 0.15) is 75.1 Å². The van der Waals surface area contributed by atoms with Crippen LogP contribution in [0, 0.1) is 0 Å². The van der Waals surface area contributed by atoms with E-state index >= 15 is 0 Å². The summed E-state index contributed by atoms with van der Waals surface area (Å²) in [5, 5.41) is 3.62. The zero-order valence-corrected chi connectivity index (χ0v) is 26.0. The maximum Gasteiger partial charge on any atom is 0.164 e. The van der Waals surface area contributed by atoms with Crippen molar-refractivity contribution in [1.29, 1.82) is 0 Å². The molecule has 0 aliphatic heterocycles. The lowest BCUT2D eigenvalue weighted by atomic mass is 9.86. The molecule has 5 nitrogen and oxygen atoms in total. The van der Waals surface area contributed by atoms with Gasteiger partial charge in [0.2, 0.25) is 0 Å². The Morgan fingerprint density at radius 1 is 0.895 bits per heavy atom. The van der Waals surface area contributed by atoms with Crippen molar-refractivity contribution in [1.82, 2.24) is 15.2 Å². The molecule has 1 aromatic carbocycles. The number of fused-ring (bicyclic) bond motifs is 1. The second-order valence-corrected chi connectivity index (χ2v) is 9.81. The van der Waals surface area contributed by atoms with Gasteiger partial charge in [0.15, 0.2) is 11.5 Å². The molecule has 0 fully saturated rings. The van der Waals surface area contributed by atoms with Gasteiger partial charge in [-0.15, -0.1) is 37.2 Å². The Labute approximate surface area is 250 Å². The molecule has 0 saturated carbocycles. The topological polar surface area (TPSA) is 46.6 Å². The number of halogens is 3. The van der Waals surface area contributed by atoms with Crippen LogP contribution in [0.25, 0.3) is 0 Å². The number of pyridine rings is 1. The maximum absolute atomic E-state index is 5.69. The molecular formula is C30H50Cl3N3O2. The molecule has 1 heterocycles. The second-order valence-electron chi connectivity index (χ2n) is 9.81. The van der Waals surface area contributed by atoms with Crippen LogP contribution < -0.4 is 14.8 Å². The van der Waals surface area contributed by atoms with Gasteiger partial charge < -0.3 is 19.7 Å². The molecule has 3 rings (SSSR count). The van der Waals surface area contributed by atoms with Crippen LogP contribution in [-0.4, -0.2) is 56.3 Å². The number of ether oxygens (including phenoxy) is 2. The van der Waals surface area contributed by atoms with Crippen LogP contribution >= 0.6 is 37.2 Å². The summed E-state index contributed by atoms with van der Waals surface area (Å²) in [6.07, 6.45) is 15.3. The smallest absolute Gasteiger partial charge is 0.164 e. The fourth-order valence-electron chi connectivity index (χ4n) is 5.39. The Kier molecular flexibility index (Phi) is 20.9. The van der Waals surface area contributed by atoms with E-state index in [9.17, 15) is 0 Å². The van der Waals surface area contributed by atoms with Crippen molar-refractivity contribution >= 4 is 37.2 Å². The van der Waals surface area contributed by atoms with Gasteiger partial charge in [0.1, 0.15) is 0 Å². The Bertz CT molecular complexity index is 858. The average Bonchev–Trinajstić information content (AvgIpc) is 2.90. The minimum absolute atomic E-state index is 0. The van der Waals surface area contributed by atoms with Gasteiger partial charge in [-0.25, -0.2) is 0 Å². The Balaban J connectivity index is 0.00000456. The SMILES string of the molecule is CCCN(CCCCCCNCCCCc1ccccn1)C1CCc2c(ccc(OC)c2OC)C1.Cl.Cl.Cl. The first-order valence-electron chi connectivity index (χ1n) is 13.8. The summed E-state index contributed by atoms with van der Waals surface area (Å²) < 4.78 is 11.2. The summed E-state index contributed by atoms with van der Waals surface area (Å²) in [4.78, 5) is 7.15. The molecule has 0 bridgehead atoms. The van der Waals surface area contributed by atoms with Crippen LogP contribution in [0.15, 0.2) is 36.5 Å². The normalized spacial score (nSPS) is 14.1. The molecule has 8 heteroatoms. The van der Waals surface area contributed by atoms with Crippen LogP contribution in [0.3, 0.4) is 0 Å². The lowest BCUT2D eigenvalue weighted by Gasteiger charge is -2.36. The number of aryl methyl sites for hydroxylation is 1. The Morgan fingerprint density at radius 2 is 1.66 bits per heavy atom. The first-order valence-corrected chi connectivity index (χ1v) is 13.8. The minimum atomic E-state index is 0. The van der Waals surface area contributed by atoms with E-state index in [-0.39, 0.29) is 37.2 Å². The van der Waals surface area contributed by atoms with E-state index in [2.05, 4.69) is 46.4 Å². The zero-order chi connectivity index (χ0) is 24.7. The van der Waals surface area contributed by atoms with Gasteiger partial charge >= 0.3 is 0 Å². The van der Waals surface area contributed by atoms with Crippen molar-refractivity contribution in [3.05, 3.63) is 53.3 Å². The number of aromatic nitrogens is 1. The van der Waals surface area contributed by atoms with E-state index in [1.54, 1.807) is 14.2 Å². The van der Waals surface area contributed by atoms with E-state index in [0.29, 0.717) is 6.04 Å². The number of rotatable bonds is 17. The Morgan fingerprint density at radius 3 is 2.34 bits per heavy atom. The highest BCUT2D eigenvalue weighted by atomic mass is 35.5. The standard InChI is InChI=1S/C30H47N3O2.3ClH/c1-4-22-33(27-16-17-28-25(24-27)15-18-29(34-2)30(28)35-3)23-12-6-5-9-19-31-20-10-7-13-26-14-8-11-21-32-26;;;/h8,11,14-15,18,21,27,31H,4-7,9-10,12-13,16-17,19-20,22-24H2,1-3H3;3*1H. The number of nitrogens with one attached hydrogen (secondary N) is 1. The first-order chi connectivity index (χ1) is 17.3. The van der Waals surface area contributed by atoms with E-state index in [1.807, 2.05) is 12.3 Å². The van der Waals surface area contributed by atoms with Crippen LogP contribution in [0.2, 0.25) is 0 Å². The van der Waals surface area contributed by atoms with Gasteiger partial charge in [-0.05, 0) is 108 Å². The summed E-state index contributed by atoms with van der Waals surface area (Å²) in [6.45, 7) is 7.00. The molecule has 0 radical (unpaired) electrons. The lowest BCUT2D eigenvalue weighted by Crippen LogP contribution is -2.40. The second kappa shape index (κ2) is 21.6. The number of hydrogen-bond acceptors (Lipinski definition) is 5. The molecule has 2 aromatic rings. The molecule has 0 spiro atoms. The highest BCUT2D eigenvalue weighted by Gasteiger charge is 2.27. The van der Waals surface area contributed by atoms with Crippen molar-refractivity contribution in [2.24, 2.45) is 0 Å². The van der Waals surface area contributed by atoms with E-state index < -0.39 is 0 Å². The molecule has 218 valence electrons. The van der Waals surface area contributed by atoms with E-state index in [4.69, 9.17) is 9.47 Å². The first kappa shape index (κ1) is 36.8. The van der Waals surface area contributed by atoms with E-state index in [0.717, 1.165) is 43.9 Å². The number of benzene rings is 1. The third-order valence-corrected chi connectivity index (χ3v) is 7.27. The van der Waals surface area contributed by atoms with Gasteiger partial charge in [0.25, 0.3) is 0 Å². The third kappa shape index (κ3) is 11.9. The van der Waals surface area contributed by atoms with Gasteiger partial charge in [0, 0.05) is 23.5 Å². The van der Waals surface area contributed by atoms with Gasteiger partial charge in [0.05, 0.1) is 14.2 Å². The lowest BCUT2D eigenvalue weighted by molar-refractivity contribution is 0.175. The van der Waals surface area contributed by atoms with Crippen LogP contribution in [-0.2, 0) is 19.3 Å². The molecule has 1 unspecified atom stereocenters.